The van der Waals surface area contributed by atoms with E-state index in [1.807, 2.05) is 0 Å². The minimum Gasteiger partial charge on any atom is -0.462 e. The average molecular weight is 226 g/mol. The van der Waals surface area contributed by atoms with Gasteiger partial charge in [0.1, 0.15) is 0 Å². The van der Waals surface area contributed by atoms with Crippen molar-refractivity contribution in [2.75, 3.05) is 6.61 Å². The van der Waals surface area contributed by atoms with Gasteiger partial charge >= 0.3 is 5.97 Å². The van der Waals surface area contributed by atoms with Crippen LogP contribution >= 0.6 is 0 Å². The molecule has 0 aromatic carbocycles. The van der Waals surface area contributed by atoms with Crippen LogP contribution in [0.25, 0.3) is 0 Å². The highest BCUT2D eigenvalue weighted by Gasteiger charge is 2.09. The summed E-state index contributed by atoms with van der Waals surface area (Å²) < 4.78 is 5.12. The first kappa shape index (κ1) is 15.2. The first-order chi connectivity index (χ1) is 7.61. The number of carbonyl (C=O) groups excluding carboxylic acids is 1. The minimum atomic E-state index is -0.259. The van der Waals surface area contributed by atoms with Gasteiger partial charge in [0, 0.05) is 5.57 Å². The van der Waals surface area contributed by atoms with Gasteiger partial charge in [0.2, 0.25) is 0 Å². The van der Waals surface area contributed by atoms with E-state index in [2.05, 4.69) is 20.4 Å². The summed E-state index contributed by atoms with van der Waals surface area (Å²) in [5.74, 6) is 0.452. The Balaban J connectivity index is 3.74. The molecular formula is C14H26O2. The summed E-state index contributed by atoms with van der Waals surface area (Å²) in [4.78, 5) is 11.2. The van der Waals surface area contributed by atoms with Crippen LogP contribution in [-0.4, -0.2) is 12.6 Å². The Morgan fingerprint density at radius 1 is 1.19 bits per heavy atom. The Hall–Kier alpha value is -0.790. The van der Waals surface area contributed by atoms with E-state index in [1.54, 1.807) is 6.92 Å². The minimum absolute atomic E-state index is 0.259. The molecule has 0 bridgehead atoms. The summed E-state index contributed by atoms with van der Waals surface area (Å²) >= 11 is 0. The zero-order chi connectivity index (χ0) is 12.4. The van der Waals surface area contributed by atoms with Crippen LogP contribution in [0.5, 0.6) is 0 Å². The van der Waals surface area contributed by atoms with Gasteiger partial charge < -0.3 is 4.74 Å². The third kappa shape index (κ3) is 7.49. The highest BCUT2D eigenvalue weighted by molar-refractivity contribution is 5.86. The molecule has 0 fully saturated rings. The van der Waals surface area contributed by atoms with Crippen molar-refractivity contribution in [2.45, 2.75) is 59.3 Å². The normalized spacial score (nSPS) is 12.2. The molecule has 0 saturated carbocycles. The molecule has 94 valence electrons. The van der Waals surface area contributed by atoms with Gasteiger partial charge in [-0.05, 0) is 19.3 Å². The number of carbonyl (C=O) groups is 1. The molecule has 0 aromatic rings. The van der Waals surface area contributed by atoms with Crippen LogP contribution in [0, 0.1) is 5.92 Å². The van der Waals surface area contributed by atoms with Crippen LogP contribution in [0.4, 0.5) is 0 Å². The monoisotopic (exact) mass is 226 g/mol. The highest BCUT2D eigenvalue weighted by Crippen LogP contribution is 2.18. The Bertz CT molecular complexity index is 209. The molecule has 1 atom stereocenters. The zero-order valence-corrected chi connectivity index (χ0v) is 11.1. The SMILES string of the molecule is C=C(C)C(=O)OCCC(CCC)CCCC. The van der Waals surface area contributed by atoms with E-state index in [-0.39, 0.29) is 5.97 Å². The van der Waals surface area contributed by atoms with Gasteiger partial charge in [-0.25, -0.2) is 4.79 Å². The second-order valence-electron chi connectivity index (χ2n) is 4.50. The van der Waals surface area contributed by atoms with Crippen LogP contribution in [0.1, 0.15) is 59.3 Å². The lowest BCUT2D eigenvalue weighted by Gasteiger charge is -2.15. The lowest BCUT2D eigenvalue weighted by molar-refractivity contribution is -0.139. The predicted octanol–water partition coefficient (Wildman–Crippen LogP) is 4.10. The van der Waals surface area contributed by atoms with E-state index in [9.17, 15) is 4.79 Å². The Morgan fingerprint density at radius 3 is 2.38 bits per heavy atom. The van der Waals surface area contributed by atoms with Crippen LogP contribution in [0.15, 0.2) is 12.2 Å². The van der Waals surface area contributed by atoms with E-state index in [1.165, 1.54) is 32.1 Å². The third-order valence-electron chi connectivity index (χ3n) is 2.77. The van der Waals surface area contributed by atoms with Crippen molar-refractivity contribution in [3.63, 3.8) is 0 Å². The quantitative estimate of drug-likeness (QED) is 0.437. The van der Waals surface area contributed by atoms with Gasteiger partial charge in [-0.3, -0.25) is 0 Å². The molecule has 2 heteroatoms. The van der Waals surface area contributed by atoms with Crippen molar-refractivity contribution in [1.82, 2.24) is 0 Å². The predicted molar refractivity (Wildman–Crippen MR) is 68.3 cm³/mol. The number of unbranched alkanes of at least 4 members (excludes halogenated alkanes) is 1. The molecule has 16 heavy (non-hydrogen) atoms. The van der Waals surface area contributed by atoms with Gasteiger partial charge in [0.15, 0.2) is 0 Å². The van der Waals surface area contributed by atoms with Gasteiger partial charge in [0.05, 0.1) is 6.61 Å². The zero-order valence-electron chi connectivity index (χ0n) is 11.1. The number of rotatable bonds is 9. The van der Waals surface area contributed by atoms with Gasteiger partial charge in [0.25, 0.3) is 0 Å². The van der Waals surface area contributed by atoms with Crippen LogP contribution in [-0.2, 0) is 9.53 Å². The second kappa shape index (κ2) is 9.44. The maximum atomic E-state index is 11.2. The maximum absolute atomic E-state index is 11.2. The van der Waals surface area contributed by atoms with E-state index >= 15 is 0 Å². The highest BCUT2D eigenvalue weighted by atomic mass is 16.5. The van der Waals surface area contributed by atoms with Crippen molar-refractivity contribution in [1.29, 1.82) is 0 Å². The second-order valence-corrected chi connectivity index (χ2v) is 4.50. The molecule has 0 aromatic heterocycles. The number of ether oxygens (including phenoxy) is 1. The van der Waals surface area contributed by atoms with Crippen LogP contribution in [0.3, 0.4) is 0 Å². The van der Waals surface area contributed by atoms with Crippen molar-refractivity contribution in [3.05, 3.63) is 12.2 Å². The molecule has 1 unspecified atom stereocenters. The fourth-order valence-electron chi connectivity index (χ4n) is 1.78. The van der Waals surface area contributed by atoms with Gasteiger partial charge in [-0.1, -0.05) is 52.5 Å². The summed E-state index contributed by atoms with van der Waals surface area (Å²) in [7, 11) is 0. The fraction of sp³-hybridized carbons (Fsp3) is 0.786. The van der Waals surface area contributed by atoms with Gasteiger partial charge in [-0.2, -0.15) is 0 Å². The first-order valence-corrected chi connectivity index (χ1v) is 6.44. The smallest absolute Gasteiger partial charge is 0.333 e. The number of esters is 1. The summed E-state index contributed by atoms with van der Waals surface area (Å²) in [6.45, 7) is 10.2. The van der Waals surface area contributed by atoms with E-state index in [0.29, 0.717) is 18.1 Å². The van der Waals surface area contributed by atoms with E-state index in [4.69, 9.17) is 4.74 Å². The Labute approximate surface area is 100 Å². The van der Waals surface area contributed by atoms with Crippen molar-refractivity contribution in [3.8, 4) is 0 Å². The molecule has 2 nitrogen and oxygen atoms in total. The summed E-state index contributed by atoms with van der Waals surface area (Å²) in [5.41, 5.74) is 0.487. The topological polar surface area (TPSA) is 26.3 Å². The lowest BCUT2D eigenvalue weighted by atomic mass is 9.94. The molecular weight excluding hydrogens is 200 g/mol. The van der Waals surface area contributed by atoms with Crippen molar-refractivity contribution >= 4 is 5.97 Å². The largest absolute Gasteiger partial charge is 0.462 e. The van der Waals surface area contributed by atoms with Crippen LogP contribution in [0.2, 0.25) is 0 Å². The molecule has 0 aliphatic rings. The molecule has 0 radical (unpaired) electrons. The fourth-order valence-corrected chi connectivity index (χ4v) is 1.78. The molecule has 0 aliphatic carbocycles. The van der Waals surface area contributed by atoms with Crippen LogP contribution < -0.4 is 0 Å². The summed E-state index contributed by atoms with van der Waals surface area (Å²) in [5, 5.41) is 0. The molecule has 0 N–H and O–H groups in total. The molecule has 0 amide bonds. The molecule has 0 aliphatic heterocycles. The number of hydrogen-bond donors (Lipinski definition) is 0. The summed E-state index contributed by atoms with van der Waals surface area (Å²) in [6.07, 6.45) is 7.22. The first-order valence-electron chi connectivity index (χ1n) is 6.44. The van der Waals surface area contributed by atoms with E-state index < -0.39 is 0 Å². The van der Waals surface area contributed by atoms with Crippen molar-refractivity contribution in [2.24, 2.45) is 5.92 Å². The van der Waals surface area contributed by atoms with Crippen molar-refractivity contribution < 1.29 is 9.53 Å². The standard InChI is InChI=1S/C14H26O2/c1-5-7-9-13(8-6-2)10-11-16-14(15)12(3)4/h13H,3,5-11H2,1-2,4H3. The summed E-state index contributed by atoms with van der Waals surface area (Å²) in [6, 6.07) is 0. The molecule has 0 saturated heterocycles. The number of hydrogen-bond acceptors (Lipinski definition) is 2. The molecule has 0 spiro atoms. The molecule has 0 rings (SSSR count). The Morgan fingerprint density at radius 2 is 1.88 bits per heavy atom. The average Bonchev–Trinajstić information content (AvgIpc) is 2.25. The Kier molecular flexibility index (Phi) is 8.97. The lowest BCUT2D eigenvalue weighted by Crippen LogP contribution is -2.10. The van der Waals surface area contributed by atoms with Gasteiger partial charge in [-0.15, -0.1) is 0 Å². The maximum Gasteiger partial charge on any atom is 0.333 e. The molecule has 0 heterocycles. The third-order valence-corrected chi connectivity index (χ3v) is 2.77. The van der Waals surface area contributed by atoms with E-state index in [0.717, 1.165) is 6.42 Å².